The van der Waals surface area contributed by atoms with Crippen LogP contribution in [-0.4, -0.2) is 11.3 Å². The zero-order chi connectivity index (χ0) is 19.9. The third kappa shape index (κ3) is 5.46. The van der Waals surface area contributed by atoms with Gasteiger partial charge in [-0.1, -0.05) is 121 Å². The van der Waals surface area contributed by atoms with Crippen molar-refractivity contribution in [3.63, 3.8) is 0 Å². The van der Waals surface area contributed by atoms with Gasteiger partial charge in [0.15, 0.2) is 0 Å². The molecule has 0 N–H and O–H groups in total. The van der Waals surface area contributed by atoms with E-state index in [-0.39, 0.29) is 19.5 Å². The molecule has 0 amide bonds. The second kappa shape index (κ2) is 11.9. The zero-order valence-electron chi connectivity index (χ0n) is 16.5. The molecule has 0 radical (unpaired) electrons. The molecule has 0 aliphatic rings. The standard InChI is InChI=1S/C26H23ClP2.Ru/c27-21-26(28(22-13-5-1-6-14-22)23-15-7-2-8-16-23)29(24-17-9-3-10-18-24)25-19-11-4-12-20-25;/h1-20,26H,21H2;. The first-order chi connectivity index (χ1) is 14.4. The fraction of sp³-hybridized carbons (Fsp3) is 0.0769. The smallest absolute Gasteiger partial charge is 0.0342 e. The average Bonchev–Trinajstić information content (AvgIpc) is 2.81. The van der Waals surface area contributed by atoms with Crippen LogP contribution in [0, 0.1) is 0 Å². The molecule has 0 aliphatic heterocycles. The van der Waals surface area contributed by atoms with E-state index in [1.807, 2.05) is 0 Å². The molecule has 0 heterocycles. The Morgan fingerprint density at radius 2 is 0.700 bits per heavy atom. The molecular formula is C26H23ClP2Ru. The Morgan fingerprint density at radius 1 is 0.467 bits per heavy atom. The van der Waals surface area contributed by atoms with Crippen LogP contribution in [0.15, 0.2) is 121 Å². The third-order valence-electron chi connectivity index (χ3n) is 4.87. The topological polar surface area (TPSA) is 0 Å². The van der Waals surface area contributed by atoms with Crippen LogP contribution in [0.5, 0.6) is 0 Å². The maximum Gasteiger partial charge on any atom is 0.0342 e. The van der Waals surface area contributed by atoms with Crippen LogP contribution >= 0.6 is 27.4 Å². The van der Waals surface area contributed by atoms with Gasteiger partial charge in [-0.3, -0.25) is 0 Å². The quantitative estimate of drug-likeness (QED) is 0.160. The normalized spacial score (nSPS) is 10.9. The van der Waals surface area contributed by atoms with E-state index in [0.717, 1.165) is 0 Å². The van der Waals surface area contributed by atoms with E-state index in [0.29, 0.717) is 11.3 Å². The average molecular weight is 534 g/mol. The van der Waals surface area contributed by atoms with Gasteiger partial charge in [0.05, 0.1) is 0 Å². The molecule has 0 aromatic heterocycles. The van der Waals surface area contributed by atoms with Gasteiger partial charge < -0.3 is 0 Å². The van der Waals surface area contributed by atoms with Crippen LogP contribution in [0.25, 0.3) is 0 Å². The summed E-state index contributed by atoms with van der Waals surface area (Å²) in [6.45, 7) is 0. The Bertz CT molecular complexity index is 836. The molecule has 4 aromatic carbocycles. The minimum atomic E-state index is -0.604. The zero-order valence-corrected chi connectivity index (χ0v) is 20.7. The Balaban J connectivity index is 0.00000256. The molecule has 4 aromatic rings. The van der Waals surface area contributed by atoms with E-state index in [4.69, 9.17) is 11.6 Å². The Kier molecular flexibility index (Phi) is 9.24. The van der Waals surface area contributed by atoms with Crippen LogP contribution < -0.4 is 21.2 Å². The predicted octanol–water partition coefficient (Wildman–Crippen LogP) is 5.81. The van der Waals surface area contributed by atoms with Gasteiger partial charge in [-0.2, -0.15) is 0 Å². The van der Waals surface area contributed by atoms with Crippen molar-refractivity contribution in [1.29, 1.82) is 0 Å². The minimum absolute atomic E-state index is 0. The van der Waals surface area contributed by atoms with Crippen molar-refractivity contribution in [2.75, 3.05) is 5.88 Å². The summed E-state index contributed by atoms with van der Waals surface area (Å²) in [4.78, 5) is 0. The summed E-state index contributed by atoms with van der Waals surface area (Å²) < 4.78 is 0. The first-order valence-electron chi connectivity index (χ1n) is 9.73. The van der Waals surface area contributed by atoms with Crippen molar-refractivity contribution in [1.82, 2.24) is 0 Å². The summed E-state index contributed by atoms with van der Waals surface area (Å²) in [5.41, 5.74) is 0. The van der Waals surface area contributed by atoms with Gasteiger partial charge in [0.1, 0.15) is 0 Å². The Labute approximate surface area is 200 Å². The van der Waals surface area contributed by atoms with E-state index in [2.05, 4.69) is 121 Å². The van der Waals surface area contributed by atoms with Gasteiger partial charge in [0.2, 0.25) is 0 Å². The molecule has 0 saturated heterocycles. The number of rotatable bonds is 7. The number of hydrogen-bond acceptors (Lipinski definition) is 0. The molecule has 0 bridgehead atoms. The van der Waals surface area contributed by atoms with E-state index >= 15 is 0 Å². The van der Waals surface area contributed by atoms with E-state index in [1.165, 1.54) is 21.2 Å². The maximum atomic E-state index is 6.79. The van der Waals surface area contributed by atoms with Crippen LogP contribution in [0.4, 0.5) is 0 Å². The van der Waals surface area contributed by atoms with Crippen LogP contribution in [0.2, 0.25) is 0 Å². The van der Waals surface area contributed by atoms with Gasteiger partial charge in [0.25, 0.3) is 0 Å². The van der Waals surface area contributed by atoms with Crippen LogP contribution in [0.3, 0.4) is 0 Å². The van der Waals surface area contributed by atoms with Crippen molar-refractivity contribution in [3.05, 3.63) is 121 Å². The number of hydrogen-bond donors (Lipinski definition) is 0. The van der Waals surface area contributed by atoms with Crippen LogP contribution in [0.1, 0.15) is 0 Å². The van der Waals surface area contributed by atoms with Crippen molar-refractivity contribution in [2.24, 2.45) is 0 Å². The summed E-state index contributed by atoms with van der Waals surface area (Å²) in [6, 6.07) is 43.7. The molecule has 0 spiro atoms. The molecule has 30 heavy (non-hydrogen) atoms. The van der Waals surface area contributed by atoms with Gasteiger partial charge >= 0.3 is 0 Å². The number of halogens is 1. The molecule has 0 saturated carbocycles. The van der Waals surface area contributed by atoms with Crippen molar-refractivity contribution < 1.29 is 19.5 Å². The van der Waals surface area contributed by atoms with E-state index < -0.39 is 15.8 Å². The molecule has 4 rings (SSSR count). The summed E-state index contributed by atoms with van der Waals surface area (Å²) >= 11 is 6.79. The third-order valence-corrected chi connectivity index (χ3v) is 12.0. The second-order valence-electron chi connectivity index (χ2n) is 6.72. The number of benzene rings is 4. The molecule has 0 atom stereocenters. The molecule has 0 aliphatic carbocycles. The summed E-state index contributed by atoms with van der Waals surface area (Å²) in [7, 11) is -1.21. The fourth-order valence-corrected chi connectivity index (χ4v) is 11.2. The first kappa shape index (κ1) is 23.3. The number of alkyl halides is 1. The fourth-order valence-electron chi connectivity index (χ4n) is 3.59. The first-order valence-corrected chi connectivity index (χ1v) is 13.1. The molecule has 152 valence electrons. The van der Waals surface area contributed by atoms with Gasteiger partial charge in [0, 0.05) is 30.8 Å². The van der Waals surface area contributed by atoms with Gasteiger partial charge in [-0.05, 0) is 37.1 Å². The molecule has 0 nitrogen and oxygen atoms in total. The van der Waals surface area contributed by atoms with E-state index in [9.17, 15) is 0 Å². The Hall–Kier alpha value is -1.35. The largest absolute Gasteiger partial charge is 0.126 e. The monoisotopic (exact) mass is 534 g/mol. The molecule has 4 heteroatoms. The second-order valence-corrected chi connectivity index (χ2v) is 12.2. The van der Waals surface area contributed by atoms with Crippen LogP contribution in [-0.2, 0) is 19.5 Å². The van der Waals surface area contributed by atoms with Gasteiger partial charge in [-0.15, -0.1) is 11.6 Å². The van der Waals surface area contributed by atoms with Crippen molar-refractivity contribution in [3.8, 4) is 0 Å². The summed E-state index contributed by atoms with van der Waals surface area (Å²) in [5.74, 6) is 0.630. The van der Waals surface area contributed by atoms with Gasteiger partial charge in [-0.25, -0.2) is 0 Å². The van der Waals surface area contributed by atoms with Crippen molar-refractivity contribution >= 4 is 48.7 Å². The predicted molar refractivity (Wildman–Crippen MR) is 133 cm³/mol. The molecule has 0 fully saturated rings. The summed E-state index contributed by atoms with van der Waals surface area (Å²) in [5, 5.41) is 5.89. The Morgan fingerprint density at radius 3 is 0.900 bits per heavy atom. The van der Waals surface area contributed by atoms with Crippen molar-refractivity contribution in [2.45, 2.75) is 5.40 Å². The SMILES string of the molecule is ClCC(P(c1ccccc1)c1ccccc1)P(c1ccccc1)c1ccccc1.[Ru]. The maximum absolute atomic E-state index is 6.79. The van der Waals surface area contributed by atoms with E-state index in [1.54, 1.807) is 0 Å². The molecular weight excluding hydrogens is 511 g/mol. The summed E-state index contributed by atoms with van der Waals surface area (Å²) in [6.07, 6.45) is 0. The minimum Gasteiger partial charge on any atom is -0.126 e. The molecule has 0 unspecified atom stereocenters.